The third-order valence-corrected chi connectivity index (χ3v) is 2.46. The highest BCUT2D eigenvalue weighted by molar-refractivity contribution is 5.82. The van der Waals surface area contributed by atoms with Crippen LogP contribution in [-0.2, 0) is 4.79 Å². The second kappa shape index (κ2) is 5.97. The van der Waals surface area contributed by atoms with Gasteiger partial charge in [0.1, 0.15) is 0 Å². The molecule has 2 N–H and O–H groups in total. The van der Waals surface area contributed by atoms with E-state index < -0.39 is 0 Å². The summed E-state index contributed by atoms with van der Waals surface area (Å²) in [5.74, 6) is 0.183. The molecule has 1 fully saturated rings. The van der Waals surface area contributed by atoms with Crippen molar-refractivity contribution in [3.05, 3.63) is 0 Å². The summed E-state index contributed by atoms with van der Waals surface area (Å²) < 4.78 is 0. The van der Waals surface area contributed by atoms with E-state index in [4.69, 9.17) is 0 Å². The van der Waals surface area contributed by atoms with E-state index in [1.807, 2.05) is 0 Å². The van der Waals surface area contributed by atoms with Gasteiger partial charge >= 0.3 is 0 Å². The molecule has 3 heteroatoms. The van der Waals surface area contributed by atoms with Crippen molar-refractivity contribution in [3.63, 3.8) is 0 Å². The Hall–Kier alpha value is -0.570. The highest BCUT2D eigenvalue weighted by atomic mass is 16.2. The lowest BCUT2D eigenvalue weighted by Gasteiger charge is -2.22. The molecule has 1 atom stereocenters. The Balaban J connectivity index is 2.08. The summed E-state index contributed by atoms with van der Waals surface area (Å²) in [6.45, 7) is 4.02. The summed E-state index contributed by atoms with van der Waals surface area (Å²) in [4.78, 5) is 11.3. The fourth-order valence-corrected chi connectivity index (χ4v) is 1.62. The number of amides is 1. The highest BCUT2D eigenvalue weighted by Gasteiger charge is 2.20. The van der Waals surface area contributed by atoms with Crippen LogP contribution in [-0.4, -0.2) is 25.0 Å². The largest absolute Gasteiger partial charge is 0.355 e. The van der Waals surface area contributed by atoms with Crippen molar-refractivity contribution in [2.75, 3.05) is 13.1 Å². The van der Waals surface area contributed by atoms with Gasteiger partial charge < -0.3 is 10.6 Å². The first kappa shape index (κ1) is 10.5. The van der Waals surface area contributed by atoms with Crippen molar-refractivity contribution < 1.29 is 4.79 Å². The average Bonchev–Trinajstić information content (AvgIpc) is 2.15. The van der Waals surface area contributed by atoms with Gasteiger partial charge in [-0.1, -0.05) is 19.8 Å². The van der Waals surface area contributed by atoms with Crippen molar-refractivity contribution in [2.45, 2.75) is 45.1 Å². The van der Waals surface area contributed by atoms with E-state index in [0.29, 0.717) is 0 Å². The van der Waals surface area contributed by atoms with Crippen LogP contribution in [0.2, 0.25) is 0 Å². The summed E-state index contributed by atoms with van der Waals surface area (Å²) in [6.07, 6.45) is 5.77. The number of hydrogen-bond donors (Lipinski definition) is 2. The highest BCUT2D eigenvalue weighted by Crippen LogP contribution is 2.03. The Labute approximate surface area is 80.3 Å². The van der Waals surface area contributed by atoms with Crippen molar-refractivity contribution in [1.29, 1.82) is 0 Å². The molecule has 0 aromatic carbocycles. The SMILES string of the molecule is CCCCCN[C@H]1CCCNC1=O. The van der Waals surface area contributed by atoms with Gasteiger partial charge in [-0.15, -0.1) is 0 Å². The Morgan fingerprint density at radius 1 is 1.54 bits per heavy atom. The van der Waals surface area contributed by atoms with Crippen LogP contribution in [0.3, 0.4) is 0 Å². The van der Waals surface area contributed by atoms with Crippen LogP contribution in [0.1, 0.15) is 39.0 Å². The van der Waals surface area contributed by atoms with Crippen LogP contribution < -0.4 is 10.6 Å². The maximum atomic E-state index is 11.3. The Morgan fingerprint density at radius 3 is 3.08 bits per heavy atom. The van der Waals surface area contributed by atoms with E-state index in [2.05, 4.69) is 17.6 Å². The molecule has 76 valence electrons. The minimum Gasteiger partial charge on any atom is -0.355 e. The van der Waals surface area contributed by atoms with Crippen molar-refractivity contribution >= 4 is 5.91 Å². The van der Waals surface area contributed by atoms with Crippen LogP contribution >= 0.6 is 0 Å². The van der Waals surface area contributed by atoms with Crippen LogP contribution in [0.5, 0.6) is 0 Å². The molecule has 1 rings (SSSR count). The summed E-state index contributed by atoms with van der Waals surface area (Å²) in [6, 6.07) is 0.0746. The Bertz CT molecular complexity index is 159. The zero-order chi connectivity index (χ0) is 9.52. The maximum absolute atomic E-state index is 11.3. The third-order valence-electron chi connectivity index (χ3n) is 2.46. The van der Waals surface area contributed by atoms with Gasteiger partial charge in [-0.05, 0) is 25.8 Å². The molecule has 0 saturated carbocycles. The number of unbranched alkanes of at least 4 members (excludes halogenated alkanes) is 2. The van der Waals surface area contributed by atoms with E-state index in [0.717, 1.165) is 25.9 Å². The number of nitrogens with one attached hydrogen (secondary N) is 2. The summed E-state index contributed by atoms with van der Waals surface area (Å²) in [5, 5.41) is 6.17. The van der Waals surface area contributed by atoms with Crippen LogP contribution in [0.4, 0.5) is 0 Å². The first-order valence-corrected chi connectivity index (χ1v) is 5.35. The second-order valence-corrected chi connectivity index (χ2v) is 3.65. The maximum Gasteiger partial charge on any atom is 0.237 e. The number of carbonyl (C=O) groups excluding carboxylic acids is 1. The molecule has 13 heavy (non-hydrogen) atoms. The predicted octanol–water partition coefficient (Wildman–Crippen LogP) is 1.04. The molecular weight excluding hydrogens is 164 g/mol. The monoisotopic (exact) mass is 184 g/mol. The van der Waals surface area contributed by atoms with Gasteiger partial charge in [-0.3, -0.25) is 4.79 Å². The Kier molecular flexibility index (Phi) is 4.83. The van der Waals surface area contributed by atoms with Gasteiger partial charge in [0.05, 0.1) is 6.04 Å². The molecule has 0 aromatic heterocycles. The number of rotatable bonds is 5. The van der Waals surface area contributed by atoms with Crippen molar-refractivity contribution in [1.82, 2.24) is 10.6 Å². The van der Waals surface area contributed by atoms with E-state index in [1.165, 1.54) is 19.3 Å². The van der Waals surface area contributed by atoms with Gasteiger partial charge in [0.25, 0.3) is 0 Å². The minimum atomic E-state index is 0.0746. The molecule has 0 bridgehead atoms. The standard InChI is InChI=1S/C10H20N2O/c1-2-3-4-7-11-9-6-5-8-12-10(9)13/h9,11H,2-8H2,1H3,(H,12,13)/t9-/m0/s1. The van der Waals surface area contributed by atoms with Gasteiger partial charge in [0, 0.05) is 6.54 Å². The quantitative estimate of drug-likeness (QED) is 0.627. The van der Waals surface area contributed by atoms with E-state index in [-0.39, 0.29) is 11.9 Å². The molecular formula is C10H20N2O. The lowest BCUT2D eigenvalue weighted by molar-refractivity contribution is -0.124. The molecule has 0 aromatic rings. The summed E-state index contributed by atoms with van der Waals surface area (Å²) >= 11 is 0. The number of hydrogen-bond acceptors (Lipinski definition) is 2. The topological polar surface area (TPSA) is 41.1 Å². The fourth-order valence-electron chi connectivity index (χ4n) is 1.62. The normalized spacial score (nSPS) is 22.8. The van der Waals surface area contributed by atoms with Crippen LogP contribution in [0.15, 0.2) is 0 Å². The molecule has 1 heterocycles. The Morgan fingerprint density at radius 2 is 2.38 bits per heavy atom. The third kappa shape index (κ3) is 3.77. The molecule has 0 radical (unpaired) electrons. The number of piperidine rings is 1. The molecule has 0 spiro atoms. The molecule has 1 aliphatic heterocycles. The fraction of sp³-hybridized carbons (Fsp3) is 0.900. The average molecular weight is 184 g/mol. The smallest absolute Gasteiger partial charge is 0.237 e. The second-order valence-electron chi connectivity index (χ2n) is 3.65. The predicted molar refractivity (Wildman–Crippen MR) is 53.6 cm³/mol. The molecule has 0 aliphatic carbocycles. The van der Waals surface area contributed by atoms with E-state index in [9.17, 15) is 4.79 Å². The molecule has 0 unspecified atom stereocenters. The van der Waals surface area contributed by atoms with Crippen LogP contribution in [0, 0.1) is 0 Å². The van der Waals surface area contributed by atoms with Crippen molar-refractivity contribution in [3.8, 4) is 0 Å². The molecule has 1 amide bonds. The van der Waals surface area contributed by atoms with Gasteiger partial charge in [0.15, 0.2) is 0 Å². The number of carbonyl (C=O) groups is 1. The van der Waals surface area contributed by atoms with Gasteiger partial charge in [-0.2, -0.15) is 0 Å². The molecule has 1 aliphatic rings. The van der Waals surface area contributed by atoms with Crippen molar-refractivity contribution in [2.24, 2.45) is 0 Å². The summed E-state index contributed by atoms with van der Waals surface area (Å²) in [5.41, 5.74) is 0. The van der Waals surface area contributed by atoms with Gasteiger partial charge in [0.2, 0.25) is 5.91 Å². The zero-order valence-corrected chi connectivity index (χ0v) is 8.44. The van der Waals surface area contributed by atoms with Gasteiger partial charge in [-0.25, -0.2) is 0 Å². The van der Waals surface area contributed by atoms with E-state index in [1.54, 1.807) is 0 Å². The van der Waals surface area contributed by atoms with Crippen LogP contribution in [0.25, 0.3) is 0 Å². The molecule has 3 nitrogen and oxygen atoms in total. The first-order valence-electron chi connectivity index (χ1n) is 5.35. The van der Waals surface area contributed by atoms with E-state index >= 15 is 0 Å². The lowest BCUT2D eigenvalue weighted by atomic mass is 10.1. The molecule has 1 saturated heterocycles. The minimum absolute atomic E-state index is 0.0746. The lowest BCUT2D eigenvalue weighted by Crippen LogP contribution is -2.48. The first-order chi connectivity index (χ1) is 6.34. The summed E-state index contributed by atoms with van der Waals surface area (Å²) in [7, 11) is 0. The zero-order valence-electron chi connectivity index (χ0n) is 8.44.